The zero-order chi connectivity index (χ0) is 45.7. The van der Waals surface area contributed by atoms with Gasteiger partial charge in [-0.2, -0.15) is 0 Å². The molecule has 1 atom stereocenters. The Bertz CT molecular complexity index is 2580. The fourth-order valence-electron chi connectivity index (χ4n) is 9.25. The van der Waals surface area contributed by atoms with E-state index in [2.05, 4.69) is 10.2 Å². The Morgan fingerprint density at radius 2 is 1.48 bits per heavy atom. The number of piperidine rings is 2. The van der Waals surface area contributed by atoms with Crippen molar-refractivity contribution >= 4 is 52.6 Å². The van der Waals surface area contributed by atoms with Crippen LogP contribution in [-0.2, 0) is 25.7 Å². The number of amides is 5. The molecule has 0 bridgehead atoms. The van der Waals surface area contributed by atoms with Crippen molar-refractivity contribution in [1.29, 1.82) is 0 Å². The van der Waals surface area contributed by atoms with Crippen LogP contribution in [-0.4, -0.2) is 94.9 Å². The van der Waals surface area contributed by atoms with E-state index in [0.717, 1.165) is 97.6 Å². The van der Waals surface area contributed by atoms with Gasteiger partial charge >= 0.3 is 0 Å². The van der Waals surface area contributed by atoms with Gasteiger partial charge < -0.3 is 24.0 Å². The predicted octanol–water partition coefficient (Wildman–Crippen LogP) is 7.28. The number of benzene rings is 4. The van der Waals surface area contributed by atoms with Crippen molar-refractivity contribution in [3.63, 3.8) is 0 Å². The van der Waals surface area contributed by atoms with Crippen molar-refractivity contribution in [2.24, 2.45) is 0 Å². The lowest BCUT2D eigenvalue weighted by Gasteiger charge is -2.40. The number of nitro benzene ring substituents is 1. The first kappa shape index (κ1) is 44.2. The molecule has 0 aromatic heterocycles. The predicted molar refractivity (Wildman–Crippen MR) is 245 cm³/mol. The molecule has 5 amide bonds. The summed E-state index contributed by atoms with van der Waals surface area (Å²) in [5, 5.41) is 13.2. The first-order valence-corrected chi connectivity index (χ1v) is 22.7. The van der Waals surface area contributed by atoms with E-state index in [1.807, 2.05) is 54.6 Å². The number of rotatable bonds is 17. The zero-order valence-corrected chi connectivity index (χ0v) is 36.5. The van der Waals surface area contributed by atoms with E-state index in [4.69, 9.17) is 14.2 Å². The van der Waals surface area contributed by atoms with Crippen LogP contribution in [0.5, 0.6) is 11.5 Å². The summed E-state index contributed by atoms with van der Waals surface area (Å²) in [5.74, 6) is -0.904. The second-order valence-corrected chi connectivity index (χ2v) is 17.4. The number of imide groups is 2. The third kappa shape index (κ3) is 9.82. The Labute approximate surface area is 382 Å². The highest BCUT2D eigenvalue weighted by atomic mass is 16.6. The minimum absolute atomic E-state index is 0.0294. The molecule has 1 unspecified atom stereocenters. The molecular formula is C51H51N5O10. The van der Waals surface area contributed by atoms with Gasteiger partial charge in [0.25, 0.3) is 23.4 Å². The van der Waals surface area contributed by atoms with Crippen molar-refractivity contribution in [2.45, 2.75) is 88.7 Å². The van der Waals surface area contributed by atoms with Crippen LogP contribution < -0.4 is 19.7 Å². The minimum atomic E-state index is -0.994. The first-order valence-electron chi connectivity index (χ1n) is 22.7. The first-order chi connectivity index (χ1) is 32.1. The lowest BCUT2D eigenvalue weighted by molar-refractivity contribution is -0.384. The number of anilines is 1. The molecule has 2 saturated heterocycles. The molecule has 15 nitrogen and oxygen atoms in total. The van der Waals surface area contributed by atoms with Crippen LogP contribution in [0, 0.1) is 10.1 Å². The number of hydrogen-bond donors (Lipinski definition) is 1. The van der Waals surface area contributed by atoms with Gasteiger partial charge in [-0.1, -0.05) is 42.5 Å². The molecule has 15 heteroatoms. The maximum Gasteiger partial charge on any atom is 0.269 e. The Morgan fingerprint density at radius 1 is 0.742 bits per heavy atom. The SMILES string of the molecule is O=C1CCC(N2C(=O)c3ccc(OCCCCCN4CCC(O[C@H]5C[C@H](Oc6ccc(CN7C(=O)C(=CC=Cc8ccc([N+](=O)[O-])cc8)c8ccccc87)cc6)C5)CC4)cc3C2=O)C(=O)N1. The maximum absolute atomic E-state index is 13.7. The zero-order valence-electron chi connectivity index (χ0n) is 36.5. The molecule has 340 valence electrons. The van der Waals surface area contributed by atoms with Gasteiger partial charge in [0, 0.05) is 55.6 Å². The number of allylic oxidation sites excluding steroid dienone is 2. The number of carbonyl (C=O) groups is 5. The molecule has 1 N–H and O–H groups in total. The van der Waals surface area contributed by atoms with Crippen LogP contribution >= 0.6 is 0 Å². The van der Waals surface area contributed by atoms with Crippen LogP contribution in [0.2, 0.25) is 0 Å². The quantitative estimate of drug-likeness (QED) is 0.0371. The Hall–Kier alpha value is -6.97. The molecule has 4 aromatic carbocycles. The number of likely N-dealkylation sites (tertiary alicyclic amines) is 1. The standard InChI is InChI=1S/C51H51N5O10/c57-47-22-21-46(48(58)52-47)55-50(60)43-20-19-38(31-44(43)51(55)61)64-28-5-1-4-25-53-26-23-37(24-27-53)66-40-29-39(30-40)65-36-17-13-34(14-18-36)32-54-45-10-3-2-8-41(45)42(49(54)59)9-6-7-33-11-15-35(16-12-33)56(62)63/h2-3,6-20,31,37,39-40,46H,1,4-5,21-30,32H2,(H,52,57,58)/t39-,40-,46?. The van der Waals surface area contributed by atoms with Gasteiger partial charge in [0.1, 0.15) is 23.6 Å². The number of para-hydroxylation sites is 1. The summed E-state index contributed by atoms with van der Waals surface area (Å²) in [6.45, 7) is 3.92. The summed E-state index contributed by atoms with van der Waals surface area (Å²) in [6.07, 6.45) is 12.8. The van der Waals surface area contributed by atoms with E-state index in [0.29, 0.717) is 24.5 Å². The molecule has 3 fully saturated rings. The highest BCUT2D eigenvalue weighted by Crippen LogP contribution is 2.38. The summed E-state index contributed by atoms with van der Waals surface area (Å²) in [6, 6.07) is 25.7. The molecule has 4 aliphatic heterocycles. The van der Waals surface area contributed by atoms with Crippen molar-refractivity contribution in [3.8, 4) is 11.5 Å². The number of unbranched alkanes of at least 4 members (excludes halogenated alkanes) is 2. The molecule has 0 spiro atoms. The number of fused-ring (bicyclic) bond motifs is 2. The van der Waals surface area contributed by atoms with Crippen molar-refractivity contribution in [3.05, 3.63) is 141 Å². The van der Waals surface area contributed by atoms with E-state index >= 15 is 0 Å². The third-order valence-corrected chi connectivity index (χ3v) is 13.0. The van der Waals surface area contributed by atoms with Crippen LogP contribution in [0.4, 0.5) is 11.4 Å². The highest BCUT2D eigenvalue weighted by Gasteiger charge is 2.45. The topological polar surface area (TPSA) is 178 Å². The number of hydrogen-bond acceptors (Lipinski definition) is 11. The Morgan fingerprint density at radius 3 is 2.24 bits per heavy atom. The van der Waals surface area contributed by atoms with Crippen molar-refractivity contribution in [1.82, 2.24) is 15.1 Å². The number of nitro groups is 1. The largest absolute Gasteiger partial charge is 0.494 e. The summed E-state index contributed by atoms with van der Waals surface area (Å²) in [5.41, 5.74) is 4.56. The molecular weight excluding hydrogens is 843 g/mol. The van der Waals surface area contributed by atoms with Crippen LogP contribution in [0.15, 0.2) is 103 Å². The van der Waals surface area contributed by atoms with Gasteiger partial charge in [-0.3, -0.25) is 44.3 Å². The number of nitrogens with one attached hydrogen (secondary N) is 1. The summed E-state index contributed by atoms with van der Waals surface area (Å²) in [7, 11) is 0. The third-order valence-electron chi connectivity index (χ3n) is 13.0. The van der Waals surface area contributed by atoms with Gasteiger partial charge in [0.15, 0.2) is 0 Å². The van der Waals surface area contributed by atoms with Gasteiger partial charge in [-0.15, -0.1) is 0 Å². The van der Waals surface area contributed by atoms with E-state index in [1.54, 1.807) is 47.4 Å². The Balaban J connectivity index is 0.647. The average Bonchev–Trinajstić information content (AvgIpc) is 3.71. The highest BCUT2D eigenvalue weighted by molar-refractivity contribution is 6.32. The number of ether oxygens (including phenoxy) is 3. The number of nitrogens with zero attached hydrogens (tertiary/aromatic N) is 4. The van der Waals surface area contributed by atoms with Gasteiger partial charge in [-0.25, -0.2) is 0 Å². The van der Waals surface area contributed by atoms with Gasteiger partial charge in [-0.05, 0) is 111 Å². The minimum Gasteiger partial charge on any atom is -0.494 e. The lowest BCUT2D eigenvalue weighted by Crippen LogP contribution is -2.54. The van der Waals surface area contributed by atoms with Crippen molar-refractivity contribution < 1.29 is 43.1 Å². The number of non-ortho nitro benzene ring substituents is 1. The molecule has 4 heterocycles. The summed E-state index contributed by atoms with van der Waals surface area (Å²) in [4.78, 5) is 79.4. The fourth-order valence-corrected chi connectivity index (χ4v) is 9.25. The second kappa shape index (κ2) is 19.6. The van der Waals surface area contributed by atoms with Gasteiger partial charge in [0.05, 0.1) is 47.1 Å². The number of carbonyl (C=O) groups excluding carboxylic acids is 5. The van der Waals surface area contributed by atoms with Gasteiger partial charge in [0.2, 0.25) is 11.8 Å². The van der Waals surface area contributed by atoms with Crippen LogP contribution in [0.25, 0.3) is 11.6 Å². The van der Waals surface area contributed by atoms with E-state index in [9.17, 15) is 34.1 Å². The monoisotopic (exact) mass is 893 g/mol. The molecule has 1 saturated carbocycles. The molecule has 0 radical (unpaired) electrons. The van der Waals surface area contributed by atoms with Crippen molar-refractivity contribution in [2.75, 3.05) is 31.1 Å². The molecule has 1 aliphatic carbocycles. The fraction of sp³-hybridized carbons (Fsp3) is 0.353. The maximum atomic E-state index is 13.7. The summed E-state index contributed by atoms with van der Waals surface area (Å²) >= 11 is 0. The van der Waals surface area contributed by atoms with Crippen LogP contribution in [0.1, 0.15) is 95.2 Å². The molecule has 9 rings (SSSR count). The molecule has 5 aliphatic rings. The normalized spacial score (nSPS) is 21.6. The molecule has 4 aromatic rings. The second-order valence-electron chi connectivity index (χ2n) is 17.4. The van der Waals surface area contributed by atoms with E-state index in [1.165, 1.54) is 12.1 Å². The van der Waals surface area contributed by atoms with E-state index in [-0.39, 0.29) is 53.9 Å². The average molecular weight is 894 g/mol. The van der Waals surface area contributed by atoms with Crippen LogP contribution in [0.3, 0.4) is 0 Å². The van der Waals surface area contributed by atoms with E-state index < -0.39 is 34.6 Å². The summed E-state index contributed by atoms with van der Waals surface area (Å²) < 4.78 is 18.7. The smallest absolute Gasteiger partial charge is 0.269 e. The molecule has 66 heavy (non-hydrogen) atoms. The lowest BCUT2D eigenvalue weighted by atomic mass is 9.91. The Kier molecular flexibility index (Phi) is 13.2.